The number of hydrogen-bond acceptors (Lipinski definition) is 4. The summed E-state index contributed by atoms with van der Waals surface area (Å²) in [4.78, 5) is 20.6. The van der Waals surface area contributed by atoms with E-state index < -0.39 is 0 Å². The molecule has 162 valence electrons. The maximum atomic E-state index is 13.3. The second kappa shape index (κ2) is 9.17. The Bertz CT molecular complexity index is 698. The van der Waals surface area contributed by atoms with Gasteiger partial charge >= 0.3 is 0 Å². The molecule has 0 N–H and O–H groups in total. The van der Waals surface area contributed by atoms with Gasteiger partial charge in [0.05, 0.1) is 0 Å². The van der Waals surface area contributed by atoms with Crippen molar-refractivity contribution in [1.29, 1.82) is 0 Å². The zero-order chi connectivity index (χ0) is 20.4. The molecule has 4 rings (SSSR count). The SMILES string of the molecule is CCCn1nc(C(=O)N2CCCCC2)c2c1CCC(N1CCN(C(C)C)CC1)C2. The number of likely N-dealkylation sites (tertiary alicyclic amines) is 1. The summed E-state index contributed by atoms with van der Waals surface area (Å²) in [6.07, 6.45) is 7.82. The van der Waals surface area contributed by atoms with Gasteiger partial charge in [0.1, 0.15) is 0 Å². The third-order valence-corrected chi connectivity index (χ3v) is 7.20. The van der Waals surface area contributed by atoms with Gasteiger partial charge in [-0.2, -0.15) is 5.10 Å². The smallest absolute Gasteiger partial charge is 0.274 e. The largest absolute Gasteiger partial charge is 0.337 e. The number of nitrogens with zero attached hydrogens (tertiary/aromatic N) is 5. The van der Waals surface area contributed by atoms with Crippen molar-refractivity contribution in [3.8, 4) is 0 Å². The molecule has 1 aliphatic carbocycles. The van der Waals surface area contributed by atoms with Crippen LogP contribution in [0.1, 0.15) is 74.6 Å². The van der Waals surface area contributed by atoms with Crippen molar-refractivity contribution in [3.63, 3.8) is 0 Å². The van der Waals surface area contributed by atoms with E-state index in [0.717, 1.165) is 83.6 Å². The van der Waals surface area contributed by atoms with Crippen molar-refractivity contribution >= 4 is 5.91 Å². The Balaban J connectivity index is 1.52. The molecule has 1 amide bonds. The lowest BCUT2D eigenvalue weighted by atomic mass is 9.89. The van der Waals surface area contributed by atoms with Gasteiger partial charge in [-0.1, -0.05) is 6.92 Å². The number of carbonyl (C=O) groups excluding carboxylic acids is 1. The summed E-state index contributed by atoms with van der Waals surface area (Å²) in [5, 5.41) is 4.87. The van der Waals surface area contributed by atoms with E-state index in [2.05, 4.69) is 35.3 Å². The summed E-state index contributed by atoms with van der Waals surface area (Å²) < 4.78 is 2.15. The maximum Gasteiger partial charge on any atom is 0.274 e. The van der Waals surface area contributed by atoms with Gasteiger partial charge in [0, 0.05) is 69.2 Å². The van der Waals surface area contributed by atoms with E-state index in [1.54, 1.807) is 0 Å². The Morgan fingerprint density at radius 1 is 1.07 bits per heavy atom. The van der Waals surface area contributed by atoms with Crippen LogP contribution in [-0.4, -0.2) is 81.7 Å². The summed E-state index contributed by atoms with van der Waals surface area (Å²) in [7, 11) is 0. The summed E-state index contributed by atoms with van der Waals surface area (Å²) in [5.41, 5.74) is 3.36. The first kappa shape index (κ1) is 20.9. The number of aromatic nitrogens is 2. The van der Waals surface area contributed by atoms with Crippen LogP contribution in [0.3, 0.4) is 0 Å². The lowest BCUT2D eigenvalue weighted by molar-refractivity contribution is 0.0697. The third kappa shape index (κ3) is 4.38. The Morgan fingerprint density at radius 2 is 1.79 bits per heavy atom. The molecule has 2 saturated heterocycles. The molecule has 1 atom stereocenters. The third-order valence-electron chi connectivity index (χ3n) is 7.20. The fourth-order valence-corrected chi connectivity index (χ4v) is 5.42. The molecule has 3 aliphatic rings. The normalized spacial score (nSPS) is 24.1. The molecule has 3 heterocycles. The van der Waals surface area contributed by atoms with Gasteiger partial charge in [-0.3, -0.25) is 19.3 Å². The molecule has 0 saturated carbocycles. The quantitative estimate of drug-likeness (QED) is 0.761. The van der Waals surface area contributed by atoms with Crippen molar-refractivity contribution in [2.45, 2.75) is 84.3 Å². The van der Waals surface area contributed by atoms with Gasteiger partial charge in [0.15, 0.2) is 5.69 Å². The Hall–Kier alpha value is -1.40. The van der Waals surface area contributed by atoms with E-state index >= 15 is 0 Å². The molecule has 0 radical (unpaired) electrons. The summed E-state index contributed by atoms with van der Waals surface area (Å²) >= 11 is 0. The van der Waals surface area contributed by atoms with E-state index in [1.807, 2.05) is 4.90 Å². The average Bonchev–Trinajstić information content (AvgIpc) is 3.12. The van der Waals surface area contributed by atoms with Crippen molar-refractivity contribution in [2.24, 2.45) is 0 Å². The highest BCUT2D eigenvalue weighted by Gasteiger charge is 2.34. The Kier molecular flexibility index (Phi) is 6.60. The van der Waals surface area contributed by atoms with Crippen molar-refractivity contribution in [1.82, 2.24) is 24.5 Å². The molecule has 0 spiro atoms. The number of carbonyl (C=O) groups is 1. The predicted octanol–water partition coefficient (Wildman–Crippen LogP) is 2.80. The van der Waals surface area contributed by atoms with E-state index in [9.17, 15) is 4.79 Å². The number of amides is 1. The Labute approximate surface area is 176 Å². The number of rotatable bonds is 5. The van der Waals surface area contributed by atoms with Crippen LogP contribution in [-0.2, 0) is 19.4 Å². The van der Waals surface area contributed by atoms with Crippen LogP contribution in [0.15, 0.2) is 0 Å². The summed E-state index contributed by atoms with van der Waals surface area (Å²) in [6.45, 7) is 14.1. The zero-order valence-electron chi connectivity index (χ0n) is 18.7. The molecule has 0 aromatic carbocycles. The minimum Gasteiger partial charge on any atom is -0.337 e. The highest BCUT2D eigenvalue weighted by atomic mass is 16.2. The first-order valence-electron chi connectivity index (χ1n) is 11.9. The van der Waals surface area contributed by atoms with Gasteiger partial charge < -0.3 is 4.90 Å². The van der Waals surface area contributed by atoms with E-state index in [0.29, 0.717) is 12.1 Å². The summed E-state index contributed by atoms with van der Waals surface area (Å²) in [6, 6.07) is 1.19. The van der Waals surface area contributed by atoms with Crippen LogP contribution >= 0.6 is 0 Å². The maximum absolute atomic E-state index is 13.3. The molecule has 29 heavy (non-hydrogen) atoms. The van der Waals surface area contributed by atoms with Gasteiger partial charge in [-0.25, -0.2) is 0 Å². The van der Waals surface area contributed by atoms with Crippen LogP contribution in [0.25, 0.3) is 0 Å². The molecular formula is C23H39N5O. The highest BCUT2D eigenvalue weighted by molar-refractivity contribution is 5.94. The van der Waals surface area contributed by atoms with Crippen LogP contribution in [0, 0.1) is 0 Å². The van der Waals surface area contributed by atoms with Crippen LogP contribution < -0.4 is 0 Å². The lowest BCUT2D eigenvalue weighted by Crippen LogP contribution is -2.53. The van der Waals surface area contributed by atoms with Crippen LogP contribution in [0.5, 0.6) is 0 Å². The lowest BCUT2D eigenvalue weighted by Gasteiger charge is -2.42. The average molecular weight is 402 g/mol. The minimum atomic E-state index is 0.182. The second-order valence-electron chi connectivity index (χ2n) is 9.41. The molecule has 0 bridgehead atoms. The van der Waals surface area contributed by atoms with Crippen LogP contribution in [0.4, 0.5) is 0 Å². The topological polar surface area (TPSA) is 44.6 Å². The van der Waals surface area contributed by atoms with Gasteiger partial charge in [-0.15, -0.1) is 0 Å². The number of piperazine rings is 1. The molecule has 2 aliphatic heterocycles. The van der Waals surface area contributed by atoms with Gasteiger partial charge in [0.25, 0.3) is 5.91 Å². The number of piperidine rings is 1. The first-order chi connectivity index (χ1) is 14.1. The number of aryl methyl sites for hydroxylation is 1. The molecule has 2 fully saturated rings. The van der Waals surface area contributed by atoms with Crippen molar-refractivity contribution in [2.75, 3.05) is 39.3 Å². The van der Waals surface area contributed by atoms with Crippen molar-refractivity contribution < 1.29 is 4.79 Å². The molecule has 6 heteroatoms. The van der Waals surface area contributed by atoms with Gasteiger partial charge in [-0.05, 0) is 58.8 Å². The number of fused-ring (bicyclic) bond motifs is 1. The second-order valence-corrected chi connectivity index (χ2v) is 9.41. The van der Waals surface area contributed by atoms with E-state index in [1.165, 1.54) is 24.1 Å². The Morgan fingerprint density at radius 3 is 2.45 bits per heavy atom. The molecule has 1 aromatic rings. The first-order valence-corrected chi connectivity index (χ1v) is 11.9. The molecule has 1 aromatic heterocycles. The fourth-order valence-electron chi connectivity index (χ4n) is 5.42. The molecule has 1 unspecified atom stereocenters. The minimum absolute atomic E-state index is 0.182. The number of hydrogen-bond donors (Lipinski definition) is 0. The fraction of sp³-hybridized carbons (Fsp3) is 0.826. The van der Waals surface area contributed by atoms with Crippen LogP contribution in [0.2, 0.25) is 0 Å². The van der Waals surface area contributed by atoms with Crippen molar-refractivity contribution in [3.05, 3.63) is 17.0 Å². The monoisotopic (exact) mass is 401 g/mol. The molecular weight excluding hydrogens is 362 g/mol. The van der Waals surface area contributed by atoms with E-state index in [4.69, 9.17) is 5.10 Å². The zero-order valence-corrected chi connectivity index (χ0v) is 18.7. The summed E-state index contributed by atoms with van der Waals surface area (Å²) in [5.74, 6) is 0.182. The molecule has 6 nitrogen and oxygen atoms in total. The predicted molar refractivity (Wildman–Crippen MR) is 116 cm³/mol. The standard InChI is InChI=1S/C23H39N5O/c1-4-10-28-21-9-8-19(26-15-13-25(14-16-26)18(2)3)17-20(21)22(24-28)23(29)27-11-6-5-7-12-27/h18-19H,4-17H2,1-3H3. The highest BCUT2D eigenvalue weighted by Crippen LogP contribution is 2.29. The van der Waals surface area contributed by atoms with E-state index in [-0.39, 0.29) is 5.91 Å². The van der Waals surface area contributed by atoms with Gasteiger partial charge in [0.2, 0.25) is 0 Å².